The van der Waals surface area contributed by atoms with Gasteiger partial charge in [-0.1, -0.05) is 36.4 Å². The molecule has 2 fully saturated rings. The molecule has 202 valence electrons. The summed E-state index contributed by atoms with van der Waals surface area (Å²) >= 11 is 0. The first-order chi connectivity index (χ1) is 19.2. The molecule has 2 aliphatic heterocycles. The lowest BCUT2D eigenvalue weighted by molar-refractivity contribution is 0.104. The van der Waals surface area contributed by atoms with Crippen LogP contribution >= 0.6 is 10.8 Å². The Kier molecular flexibility index (Phi) is 8.07. The van der Waals surface area contributed by atoms with Crippen molar-refractivity contribution < 1.29 is 14.1 Å². The molecule has 0 spiro atoms. The zero-order valence-electron chi connectivity index (χ0n) is 22.4. The van der Waals surface area contributed by atoms with E-state index in [2.05, 4.69) is 21.9 Å². The molecule has 0 N–H and O–H groups in total. The van der Waals surface area contributed by atoms with Gasteiger partial charge in [-0.2, -0.15) is 0 Å². The predicted octanol–water partition coefficient (Wildman–Crippen LogP) is 6.58. The Labute approximate surface area is 233 Å². The van der Waals surface area contributed by atoms with E-state index in [-0.39, 0.29) is 5.78 Å². The van der Waals surface area contributed by atoms with Gasteiger partial charge in [0.25, 0.3) is 0 Å². The molecule has 1 aromatic heterocycles. The van der Waals surface area contributed by atoms with Crippen LogP contribution in [0.15, 0.2) is 72.8 Å². The zero-order chi connectivity index (χ0) is 26.6. The minimum absolute atomic E-state index is 0.0830. The fourth-order valence-corrected chi connectivity index (χ4v) is 7.43. The van der Waals surface area contributed by atoms with Crippen LogP contribution in [0.5, 0.6) is 5.75 Å². The summed E-state index contributed by atoms with van der Waals surface area (Å²) in [6.45, 7) is 7.33. The number of carbonyl (C=O) groups is 1. The number of likely N-dealkylation sites (tertiary alicyclic amines) is 2. The van der Waals surface area contributed by atoms with E-state index >= 15 is 0 Å². The Morgan fingerprint density at radius 1 is 0.795 bits per heavy atom. The minimum Gasteiger partial charge on any atom is -0.590 e. The largest absolute Gasteiger partial charge is 0.590 e. The summed E-state index contributed by atoms with van der Waals surface area (Å²) in [6.07, 6.45) is 6.12. The predicted molar refractivity (Wildman–Crippen MR) is 158 cm³/mol. The molecule has 3 aromatic carbocycles. The smallest absolute Gasteiger partial charge is 0.199 e. The van der Waals surface area contributed by atoms with E-state index in [0.29, 0.717) is 27.3 Å². The SMILES string of the molecule is O=C(c1ccc(CCN2CCCC2)cc1)c1c(-c2ccc(OCCN3CCCC3)cc2)[s+]([O-])c2ccccc12. The van der Waals surface area contributed by atoms with E-state index in [9.17, 15) is 9.35 Å². The van der Waals surface area contributed by atoms with Gasteiger partial charge in [-0.05, 0) is 111 Å². The summed E-state index contributed by atoms with van der Waals surface area (Å²) in [5, 5.41) is 0.764. The number of benzene rings is 3. The normalized spacial score (nSPS) is 16.8. The summed E-state index contributed by atoms with van der Waals surface area (Å²) in [5.41, 5.74) is 3.20. The molecule has 0 aliphatic carbocycles. The number of carbonyl (C=O) groups excluding carboxylic acids is 1. The number of hydrogen-bond donors (Lipinski definition) is 0. The fourth-order valence-electron chi connectivity index (χ4n) is 5.90. The molecular weight excluding hydrogens is 504 g/mol. The van der Waals surface area contributed by atoms with Crippen molar-refractivity contribution in [2.75, 3.05) is 45.9 Å². The molecule has 2 saturated heterocycles. The standard InChI is InChI=1S/C33H36N2O3S/c36-32(26-11-9-25(10-12-26)17-22-34-18-3-4-19-34)31-29-7-1-2-8-30(29)39(37)33(31)27-13-15-28(16-14-27)38-24-23-35-20-5-6-21-35/h1-2,7-16H,3-6,17-24H2. The van der Waals surface area contributed by atoms with Crippen molar-refractivity contribution in [3.8, 4) is 16.2 Å². The van der Waals surface area contributed by atoms with Gasteiger partial charge in [0.15, 0.2) is 15.4 Å². The van der Waals surface area contributed by atoms with Crippen LogP contribution < -0.4 is 4.74 Å². The first-order valence-electron chi connectivity index (χ1n) is 14.2. The van der Waals surface area contributed by atoms with Crippen LogP contribution in [-0.2, 0) is 6.42 Å². The van der Waals surface area contributed by atoms with Crippen LogP contribution in [0.2, 0.25) is 0 Å². The zero-order valence-corrected chi connectivity index (χ0v) is 23.3. The lowest BCUT2D eigenvalue weighted by Crippen LogP contribution is -2.25. The second kappa shape index (κ2) is 12.0. The van der Waals surface area contributed by atoms with Crippen molar-refractivity contribution in [3.63, 3.8) is 0 Å². The van der Waals surface area contributed by atoms with E-state index in [1.165, 1.54) is 44.3 Å². The van der Waals surface area contributed by atoms with Gasteiger partial charge in [0.2, 0.25) is 0 Å². The first-order valence-corrected chi connectivity index (χ1v) is 15.4. The Morgan fingerprint density at radius 3 is 2.13 bits per heavy atom. The number of nitrogens with zero attached hydrogens (tertiary/aromatic N) is 2. The average Bonchev–Trinajstić information content (AvgIpc) is 3.74. The van der Waals surface area contributed by atoms with Crippen molar-refractivity contribution in [1.82, 2.24) is 9.80 Å². The fraction of sp³-hybridized carbons (Fsp3) is 0.364. The van der Waals surface area contributed by atoms with Crippen LogP contribution in [0.25, 0.3) is 20.5 Å². The molecule has 5 nitrogen and oxygen atoms in total. The van der Waals surface area contributed by atoms with Crippen molar-refractivity contribution in [2.45, 2.75) is 32.1 Å². The molecule has 0 bridgehead atoms. The molecule has 6 heteroatoms. The second-order valence-electron chi connectivity index (χ2n) is 10.7. The van der Waals surface area contributed by atoms with Gasteiger partial charge < -0.3 is 14.2 Å². The quantitative estimate of drug-likeness (QED) is 0.168. The molecule has 3 heterocycles. The topological polar surface area (TPSA) is 55.8 Å². The highest BCUT2D eigenvalue weighted by Gasteiger charge is 2.29. The van der Waals surface area contributed by atoms with Gasteiger partial charge in [-0.3, -0.25) is 9.69 Å². The maximum Gasteiger partial charge on any atom is 0.199 e. The van der Waals surface area contributed by atoms with Crippen molar-refractivity contribution in [3.05, 3.63) is 89.5 Å². The molecule has 0 amide bonds. The van der Waals surface area contributed by atoms with E-state index in [4.69, 9.17) is 4.74 Å². The summed E-state index contributed by atoms with van der Waals surface area (Å²) in [4.78, 5) is 19.4. The number of ether oxygens (including phenoxy) is 1. The maximum absolute atomic E-state index is 13.9. The van der Waals surface area contributed by atoms with Crippen LogP contribution in [0, 0.1) is 0 Å². The third-order valence-corrected chi connectivity index (χ3v) is 9.68. The van der Waals surface area contributed by atoms with Gasteiger partial charge >= 0.3 is 0 Å². The van der Waals surface area contributed by atoms with Crippen LogP contribution in [0.4, 0.5) is 0 Å². The number of rotatable bonds is 10. The number of thiophene rings is 1. The molecular formula is C33H36N2O3S. The van der Waals surface area contributed by atoms with Gasteiger partial charge in [0, 0.05) is 24.2 Å². The number of fused-ring (bicyclic) bond motifs is 1. The Hall–Kier alpha value is -3.03. The Morgan fingerprint density at radius 2 is 1.44 bits per heavy atom. The monoisotopic (exact) mass is 540 g/mol. The highest BCUT2D eigenvalue weighted by molar-refractivity contribution is 7.35. The van der Waals surface area contributed by atoms with E-state index in [1.54, 1.807) is 0 Å². The first kappa shape index (κ1) is 26.2. The average molecular weight is 541 g/mol. The third kappa shape index (κ3) is 5.80. The highest BCUT2D eigenvalue weighted by Crippen LogP contribution is 2.45. The van der Waals surface area contributed by atoms with Gasteiger partial charge in [0.1, 0.15) is 12.4 Å². The third-order valence-electron chi connectivity index (χ3n) is 8.12. The number of hydrogen-bond acceptors (Lipinski definition) is 5. The van der Waals surface area contributed by atoms with Crippen LogP contribution in [0.3, 0.4) is 0 Å². The minimum atomic E-state index is -1.43. The molecule has 4 aromatic rings. The van der Waals surface area contributed by atoms with E-state index in [0.717, 1.165) is 49.3 Å². The molecule has 0 saturated carbocycles. The van der Waals surface area contributed by atoms with Crippen LogP contribution in [0.1, 0.15) is 47.2 Å². The number of ketones is 1. The van der Waals surface area contributed by atoms with E-state index in [1.807, 2.05) is 60.7 Å². The lowest BCUT2D eigenvalue weighted by atomic mass is 9.96. The second-order valence-corrected chi connectivity index (χ2v) is 12.1. The summed E-state index contributed by atoms with van der Waals surface area (Å²) in [6, 6.07) is 23.2. The highest BCUT2D eigenvalue weighted by atomic mass is 32.2. The molecule has 0 radical (unpaired) electrons. The van der Waals surface area contributed by atoms with Crippen LogP contribution in [-0.4, -0.2) is 66.0 Å². The molecule has 1 unspecified atom stereocenters. The summed E-state index contributed by atoms with van der Waals surface area (Å²) in [5.74, 6) is 0.706. The molecule has 1 atom stereocenters. The lowest BCUT2D eigenvalue weighted by Gasteiger charge is -2.15. The summed E-state index contributed by atoms with van der Waals surface area (Å²) in [7, 11) is -1.43. The maximum atomic E-state index is 13.9. The Balaban J connectivity index is 1.23. The molecule has 6 rings (SSSR count). The van der Waals surface area contributed by atoms with Gasteiger partial charge in [-0.15, -0.1) is 0 Å². The van der Waals surface area contributed by atoms with Gasteiger partial charge in [-0.25, -0.2) is 0 Å². The van der Waals surface area contributed by atoms with Crippen molar-refractivity contribution in [1.29, 1.82) is 0 Å². The van der Waals surface area contributed by atoms with Crippen molar-refractivity contribution >= 4 is 26.6 Å². The van der Waals surface area contributed by atoms with Gasteiger partial charge in [0.05, 0.1) is 10.9 Å². The van der Waals surface area contributed by atoms with Crippen molar-refractivity contribution in [2.24, 2.45) is 0 Å². The Bertz CT molecular complexity index is 1420. The molecule has 2 aliphatic rings. The molecule has 39 heavy (non-hydrogen) atoms. The van der Waals surface area contributed by atoms with E-state index < -0.39 is 10.8 Å². The summed E-state index contributed by atoms with van der Waals surface area (Å²) < 4.78 is 20.3.